The molecule has 2 N–H and O–H groups in total. The van der Waals surface area contributed by atoms with Gasteiger partial charge in [-0.15, -0.1) is 0 Å². The molecule has 0 saturated heterocycles. The predicted molar refractivity (Wildman–Crippen MR) is 27.9 cm³/mol. The molecule has 0 aliphatic carbocycles. The zero-order chi connectivity index (χ0) is 6.91. The van der Waals surface area contributed by atoms with Gasteiger partial charge in [0.2, 0.25) is 0 Å². The molecule has 50 valence electrons. The van der Waals surface area contributed by atoms with Crippen LogP contribution in [0.2, 0.25) is 0 Å². The molecule has 6 heteroatoms. The van der Waals surface area contributed by atoms with Gasteiger partial charge in [-0.25, -0.2) is 13.6 Å². The van der Waals surface area contributed by atoms with Crippen LogP contribution in [0.1, 0.15) is 0 Å². The highest BCUT2D eigenvalue weighted by Gasteiger charge is 2.10. The number of aromatic nitrogens is 1. The quantitative estimate of drug-likeness (QED) is 0.571. The lowest BCUT2D eigenvalue weighted by molar-refractivity contribution is 0.339. The van der Waals surface area contributed by atoms with E-state index in [1.165, 1.54) is 12.3 Å². The van der Waals surface area contributed by atoms with E-state index in [1.54, 1.807) is 0 Å². The van der Waals surface area contributed by atoms with Crippen molar-refractivity contribution in [3.63, 3.8) is 0 Å². The highest BCUT2D eigenvalue weighted by atomic mass is 32.2. The van der Waals surface area contributed by atoms with Crippen molar-refractivity contribution < 1.29 is 12.9 Å². The number of primary sulfonamides is 1. The van der Waals surface area contributed by atoms with Gasteiger partial charge in [0.1, 0.15) is 0 Å². The molecule has 1 aromatic heterocycles. The van der Waals surface area contributed by atoms with Gasteiger partial charge in [-0.2, -0.15) is 0 Å². The van der Waals surface area contributed by atoms with E-state index in [0.717, 1.165) is 0 Å². The summed E-state index contributed by atoms with van der Waals surface area (Å²) in [5.74, 6) is 0. The van der Waals surface area contributed by atoms with Gasteiger partial charge < -0.3 is 4.52 Å². The average molecular weight is 148 g/mol. The molecular weight excluding hydrogens is 144 g/mol. The second-order valence-corrected chi connectivity index (χ2v) is 2.87. The highest BCUT2D eigenvalue weighted by molar-refractivity contribution is 7.89. The van der Waals surface area contributed by atoms with Crippen molar-refractivity contribution in [1.82, 2.24) is 5.16 Å². The molecule has 1 aromatic rings. The number of nitrogens with two attached hydrogens (primary N) is 1. The summed E-state index contributed by atoms with van der Waals surface area (Å²) in [6, 6.07) is 1.18. The maximum absolute atomic E-state index is 10.3. The summed E-state index contributed by atoms with van der Waals surface area (Å²) in [6.07, 6.45) is 1.21. The minimum Gasteiger partial charge on any atom is -0.343 e. The molecule has 1 rings (SSSR count). The summed E-state index contributed by atoms with van der Waals surface area (Å²) in [5.41, 5.74) is 0. The molecule has 0 aromatic carbocycles. The highest BCUT2D eigenvalue weighted by Crippen LogP contribution is 2.01. The number of nitrogens with zero attached hydrogens (tertiary/aromatic N) is 1. The number of rotatable bonds is 1. The van der Waals surface area contributed by atoms with Crippen molar-refractivity contribution in [1.29, 1.82) is 0 Å². The minimum absolute atomic E-state index is 0.317. The molecule has 0 aliphatic heterocycles. The second kappa shape index (κ2) is 1.82. The molecule has 0 bridgehead atoms. The molecule has 0 saturated carbocycles. The lowest BCUT2D eigenvalue weighted by atomic mass is 10.8. The van der Waals surface area contributed by atoms with Crippen LogP contribution in [0.4, 0.5) is 0 Å². The maximum Gasteiger partial charge on any atom is 0.274 e. The van der Waals surface area contributed by atoms with Crippen LogP contribution >= 0.6 is 0 Å². The third-order valence-electron chi connectivity index (χ3n) is 0.695. The van der Waals surface area contributed by atoms with Gasteiger partial charge in [-0.3, -0.25) is 0 Å². The zero-order valence-corrected chi connectivity index (χ0v) is 5.13. The monoisotopic (exact) mass is 148 g/mol. The zero-order valence-electron chi connectivity index (χ0n) is 4.31. The van der Waals surface area contributed by atoms with Crippen LogP contribution < -0.4 is 5.14 Å². The fourth-order valence-electron chi connectivity index (χ4n) is 0.351. The van der Waals surface area contributed by atoms with Crippen molar-refractivity contribution in [2.45, 2.75) is 5.09 Å². The molecule has 0 radical (unpaired) electrons. The summed E-state index contributed by atoms with van der Waals surface area (Å²) < 4.78 is 24.9. The summed E-state index contributed by atoms with van der Waals surface area (Å²) in [4.78, 5) is 0. The number of hydrogen-bond donors (Lipinski definition) is 1. The molecule has 0 aliphatic rings. The fraction of sp³-hybridized carbons (Fsp3) is 0. The first-order valence-corrected chi connectivity index (χ1v) is 3.59. The second-order valence-electron chi connectivity index (χ2n) is 1.38. The van der Waals surface area contributed by atoms with Crippen molar-refractivity contribution >= 4 is 10.0 Å². The van der Waals surface area contributed by atoms with Gasteiger partial charge in [-0.05, 0) is 0 Å². The molecule has 1 heterocycles. The molecule has 9 heavy (non-hydrogen) atoms. The third-order valence-corrected chi connectivity index (χ3v) is 1.47. The van der Waals surface area contributed by atoms with Gasteiger partial charge >= 0.3 is 0 Å². The van der Waals surface area contributed by atoms with Crippen LogP contribution in [-0.4, -0.2) is 13.6 Å². The van der Waals surface area contributed by atoms with Crippen LogP contribution in [0.25, 0.3) is 0 Å². The van der Waals surface area contributed by atoms with Crippen LogP contribution in [0, 0.1) is 0 Å². The standard InChI is InChI=1S/C3H4N2O3S/c4-9(6,7)3-1-2-5-8-3/h1-2H,(H2,4,6,7). The third kappa shape index (κ3) is 1.27. The van der Waals surface area contributed by atoms with E-state index < -0.39 is 10.0 Å². The Morgan fingerprint density at radius 2 is 2.33 bits per heavy atom. The van der Waals surface area contributed by atoms with E-state index in [1.807, 2.05) is 0 Å². The first-order chi connectivity index (χ1) is 4.11. The summed E-state index contributed by atoms with van der Waals surface area (Å²) in [5, 5.41) is 7.48. The Morgan fingerprint density at radius 1 is 1.67 bits per heavy atom. The van der Waals surface area contributed by atoms with E-state index in [9.17, 15) is 8.42 Å². The molecule has 0 spiro atoms. The molecule has 0 amide bonds. The Balaban J connectivity index is 3.20. The van der Waals surface area contributed by atoms with Gasteiger partial charge in [0.25, 0.3) is 15.1 Å². The summed E-state index contributed by atoms with van der Waals surface area (Å²) >= 11 is 0. The van der Waals surface area contributed by atoms with Gasteiger partial charge in [-0.1, -0.05) is 5.16 Å². The van der Waals surface area contributed by atoms with Gasteiger partial charge in [0.15, 0.2) is 0 Å². The van der Waals surface area contributed by atoms with Crippen LogP contribution in [0.3, 0.4) is 0 Å². The molecule has 0 atom stereocenters. The SMILES string of the molecule is NS(=O)(=O)c1ccno1. The minimum atomic E-state index is -3.69. The largest absolute Gasteiger partial charge is 0.343 e. The van der Waals surface area contributed by atoms with E-state index in [-0.39, 0.29) is 5.09 Å². The number of sulfonamides is 1. The Bertz CT molecular complexity index is 274. The molecule has 0 unspecified atom stereocenters. The van der Waals surface area contributed by atoms with Crippen LogP contribution in [0.15, 0.2) is 21.9 Å². The lowest BCUT2D eigenvalue weighted by Crippen LogP contribution is -2.10. The Hall–Kier alpha value is -0.880. The molecular formula is C3H4N2O3S. The van der Waals surface area contributed by atoms with Gasteiger partial charge in [0.05, 0.1) is 6.20 Å². The number of hydrogen-bond acceptors (Lipinski definition) is 4. The van der Waals surface area contributed by atoms with Gasteiger partial charge in [0, 0.05) is 6.07 Å². The first-order valence-electron chi connectivity index (χ1n) is 2.04. The Kier molecular flexibility index (Phi) is 1.26. The Morgan fingerprint density at radius 3 is 2.56 bits per heavy atom. The predicted octanol–water partition coefficient (Wildman–Crippen LogP) is -0.678. The van der Waals surface area contributed by atoms with Crippen LogP contribution in [-0.2, 0) is 10.0 Å². The molecule has 0 fully saturated rings. The van der Waals surface area contributed by atoms with E-state index >= 15 is 0 Å². The van der Waals surface area contributed by atoms with Crippen molar-refractivity contribution in [3.05, 3.63) is 12.3 Å². The summed E-state index contributed by atoms with van der Waals surface area (Å²) in [6.45, 7) is 0. The smallest absolute Gasteiger partial charge is 0.274 e. The lowest BCUT2D eigenvalue weighted by Gasteiger charge is -1.84. The maximum atomic E-state index is 10.3. The van der Waals surface area contributed by atoms with Crippen molar-refractivity contribution in [3.8, 4) is 0 Å². The van der Waals surface area contributed by atoms with E-state index in [0.29, 0.717) is 0 Å². The van der Waals surface area contributed by atoms with Crippen molar-refractivity contribution in [2.75, 3.05) is 0 Å². The van der Waals surface area contributed by atoms with E-state index in [4.69, 9.17) is 0 Å². The first kappa shape index (κ1) is 6.24. The molecule has 5 nitrogen and oxygen atoms in total. The van der Waals surface area contributed by atoms with Crippen LogP contribution in [0.5, 0.6) is 0 Å². The summed E-state index contributed by atoms with van der Waals surface area (Å²) in [7, 11) is -3.69. The average Bonchev–Trinajstić information content (AvgIpc) is 2.08. The fourth-order valence-corrected chi connectivity index (χ4v) is 0.748. The normalized spacial score (nSPS) is 11.7. The van der Waals surface area contributed by atoms with Crippen molar-refractivity contribution in [2.24, 2.45) is 5.14 Å². The Labute approximate surface area is 51.5 Å². The van der Waals surface area contributed by atoms with E-state index in [2.05, 4.69) is 14.8 Å². The topological polar surface area (TPSA) is 86.2 Å².